The Morgan fingerprint density at radius 1 is 1.20 bits per heavy atom. The zero-order valence-corrected chi connectivity index (χ0v) is 11.4. The van der Waals surface area contributed by atoms with Crippen LogP contribution in [0.1, 0.15) is 24.9 Å². The molecule has 2 atom stereocenters. The predicted molar refractivity (Wildman–Crippen MR) is 73.2 cm³/mol. The van der Waals surface area contributed by atoms with Crippen molar-refractivity contribution in [2.75, 3.05) is 13.1 Å². The molecule has 2 rings (SSSR count). The Hall–Kier alpha value is -1.33. The minimum Gasteiger partial charge on any atom is -0.326 e. The topological polar surface area (TPSA) is 29.3 Å². The van der Waals surface area contributed by atoms with E-state index in [4.69, 9.17) is 5.73 Å². The smallest absolute Gasteiger partial charge is 0.326 e. The first kappa shape index (κ1) is 15.1. The lowest BCUT2D eigenvalue weighted by Crippen LogP contribution is -2.42. The molecule has 0 spiro atoms. The van der Waals surface area contributed by atoms with E-state index < -0.39 is 11.7 Å². The average Bonchev–Trinajstić information content (AvgIpc) is 2.39. The standard InChI is InChI=1S/C15H19F3N2/c1-11(19)14(12-5-3-2-4-6-12)20-9-7-13(8-10-20)15(16,17)18/h2-7,11,14H,8-10,19H2,1H3. The quantitative estimate of drug-likeness (QED) is 0.863. The summed E-state index contributed by atoms with van der Waals surface area (Å²) in [7, 11) is 0. The van der Waals surface area contributed by atoms with Gasteiger partial charge in [0.05, 0.1) is 0 Å². The van der Waals surface area contributed by atoms with Crippen LogP contribution in [0.3, 0.4) is 0 Å². The molecular formula is C15H19F3N2. The van der Waals surface area contributed by atoms with Gasteiger partial charge in [-0.1, -0.05) is 36.4 Å². The Morgan fingerprint density at radius 3 is 2.30 bits per heavy atom. The molecular weight excluding hydrogens is 265 g/mol. The Balaban J connectivity index is 2.16. The van der Waals surface area contributed by atoms with Gasteiger partial charge in [0.15, 0.2) is 0 Å². The zero-order chi connectivity index (χ0) is 14.8. The van der Waals surface area contributed by atoms with E-state index in [1.165, 1.54) is 6.08 Å². The van der Waals surface area contributed by atoms with Crippen LogP contribution in [-0.2, 0) is 0 Å². The van der Waals surface area contributed by atoms with E-state index in [9.17, 15) is 13.2 Å². The van der Waals surface area contributed by atoms with Gasteiger partial charge in [0.25, 0.3) is 0 Å². The second kappa shape index (κ2) is 5.97. The number of hydrogen-bond acceptors (Lipinski definition) is 2. The second-order valence-electron chi connectivity index (χ2n) is 5.19. The summed E-state index contributed by atoms with van der Waals surface area (Å²) in [6.07, 6.45) is -2.90. The van der Waals surface area contributed by atoms with E-state index in [-0.39, 0.29) is 25.0 Å². The Labute approximate surface area is 117 Å². The van der Waals surface area contributed by atoms with Crippen LogP contribution in [0.25, 0.3) is 0 Å². The summed E-state index contributed by atoms with van der Waals surface area (Å²) in [6, 6.07) is 9.51. The zero-order valence-electron chi connectivity index (χ0n) is 11.4. The molecule has 0 radical (unpaired) electrons. The highest BCUT2D eigenvalue weighted by Gasteiger charge is 2.36. The molecule has 0 saturated heterocycles. The lowest BCUT2D eigenvalue weighted by atomic mass is 9.96. The Bertz CT molecular complexity index is 466. The maximum atomic E-state index is 12.6. The fourth-order valence-electron chi connectivity index (χ4n) is 2.69. The molecule has 20 heavy (non-hydrogen) atoms. The Morgan fingerprint density at radius 2 is 1.85 bits per heavy atom. The van der Waals surface area contributed by atoms with Crippen molar-refractivity contribution in [3.63, 3.8) is 0 Å². The lowest BCUT2D eigenvalue weighted by molar-refractivity contribution is -0.0965. The molecule has 0 saturated carbocycles. The van der Waals surface area contributed by atoms with Crippen LogP contribution in [0, 0.1) is 0 Å². The number of nitrogens with two attached hydrogens (primary N) is 1. The number of halogens is 3. The van der Waals surface area contributed by atoms with Crippen molar-refractivity contribution in [2.45, 2.75) is 31.6 Å². The van der Waals surface area contributed by atoms with Gasteiger partial charge in [-0.05, 0) is 18.9 Å². The molecule has 0 aromatic heterocycles. The molecule has 5 heteroatoms. The summed E-state index contributed by atoms with van der Waals surface area (Å²) in [6.45, 7) is 2.56. The van der Waals surface area contributed by atoms with Crippen molar-refractivity contribution in [2.24, 2.45) is 5.73 Å². The van der Waals surface area contributed by atoms with E-state index in [1.807, 2.05) is 42.2 Å². The third-order valence-electron chi connectivity index (χ3n) is 3.64. The largest absolute Gasteiger partial charge is 0.412 e. The van der Waals surface area contributed by atoms with Crippen molar-refractivity contribution < 1.29 is 13.2 Å². The fourth-order valence-corrected chi connectivity index (χ4v) is 2.69. The van der Waals surface area contributed by atoms with Crippen LogP contribution in [-0.4, -0.2) is 30.2 Å². The maximum Gasteiger partial charge on any atom is 0.412 e. The molecule has 1 heterocycles. The molecule has 1 aliphatic rings. The molecule has 1 aliphatic heterocycles. The van der Waals surface area contributed by atoms with E-state index >= 15 is 0 Å². The first-order valence-electron chi connectivity index (χ1n) is 6.70. The number of hydrogen-bond donors (Lipinski definition) is 1. The molecule has 2 nitrogen and oxygen atoms in total. The summed E-state index contributed by atoms with van der Waals surface area (Å²) >= 11 is 0. The normalized spacial score (nSPS) is 20.4. The van der Waals surface area contributed by atoms with Crippen molar-refractivity contribution >= 4 is 0 Å². The van der Waals surface area contributed by atoms with Gasteiger partial charge in [0, 0.05) is 30.7 Å². The molecule has 0 fully saturated rings. The number of alkyl halides is 3. The molecule has 0 bridgehead atoms. The summed E-state index contributed by atoms with van der Waals surface area (Å²) in [5.74, 6) is 0. The summed E-state index contributed by atoms with van der Waals surface area (Å²) in [5.41, 5.74) is 6.66. The van der Waals surface area contributed by atoms with Crippen LogP contribution in [0.4, 0.5) is 13.2 Å². The van der Waals surface area contributed by atoms with Crippen LogP contribution in [0.2, 0.25) is 0 Å². The van der Waals surface area contributed by atoms with Gasteiger partial charge >= 0.3 is 6.18 Å². The SMILES string of the molecule is CC(N)C(c1ccccc1)N1CC=C(C(F)(F)F)CC1. The third kappa shape index (κ3) is 3.41. The van der Waals surface area contributed by atoms with Crippen LogP contribution >= 0.6 is 0 Å². The highest BCUT2D eigenvalue weighted by atomic mass is 19.4. The van der Waals surface area contributed by atoms with Crippen LogP contribution in [0.15, 0.2) is 42.0 Å². The predicted octanol–water partition coefficient (Wildman–Crippen LogP) is 3.27. The highest BCUT2D eigenvalue weighted by molar-refractivity contribution is 5.22. The first-order valence-corrected chi connectivity index (χ1v) is 6.70. The van der Waals surface area contributed by atoms with E-state index in [1.54, 1.807) is 0 Å². The number of benzene rings is 1. The van der Waals surface area contributed by atoms with Gasteiger partial charge < -0.3 is 5.73 Å². The summed E-state index contributed by atoms with van der Waals surface area (Å²) in [4.78, 5) is 2.01. The van der Waals surface area contributed by atoms with Crippen molar-refractivity contribution in [1.82, 2.24) is 4.90 Å². The summed E-state index contributed by atoms with van der Waals surface area (Å²) in [5, 5.41) is 0. The summed E-state index contributed by atoms with van der Waals surface area (Å²) < 4.78 is 37.9. The van der Waals surface area contributed by atoms with Crippen molar-refractivity contribution in [3.05, 3.63) is 47.5 Å². The molecule has 1 aromatic rings. The first-order chi connectivity index (χ1) is 9.39. The van der Waals surface area contributed by atoms with Gasteiger partial charge in [0.2, 0.25) is 0 Å². The van der Waals surface area contributed by atoms with Crippen LogP contribution in [0.5, 0.6) is 0 Å². The van der Waals surface area contributed by atoms with Gasteiger partial charge in [-0.3, -0.25) is 4.90 Å². The molecule has 110 valence electrons. The maximum absolute atomic E-state index is 12.6. The molecule has 2 N–H and O–H groups in total. The molecule has 1 aromatic carbocycles. The monoisotopic (exact) mass is 284 g/mol. The molecule has 0 aliphatic carbocycles. The number of rotatable bonds is 3. The van der Waals surface area contributed by atoms with Gasteiger partial charge in [-0.15, -0.1) is 0 Å². The van der Waals surface area contributed by atoms with Crippen molar-refractivity contribution in [3.8, 4) is 0 Å². The number of nitrogens with zero attached hydrogens (tertiary/aromatic N) is 1. The van der Waals surface area contributed by atoms with Gasteiger partial charge in [0.1, 0.15) is 0 Å². The Kier molecular flexibility index (Phi) is 4.50. The third-order valence-corrected chi connectivity index (χ3v) is 3.64. The molecule has 0 amide bonds. The van der Waals surface area contributed by atoms with Gasteiger partial charge in [-0.25, -0.2) is 0 Å². The minimum absolute atomic E-state index is 0.0273. The van der Waals surface area contributed by atoms with Crippen LogP contribution < -0.4 is 5.73 Å². The van der Waals surface area contributed by atoms with Gasteiger partial charge in [-0.2, -0.15) is 13.2 Å². The van der Waals surface area contributed by atoms with E-state index in [2.05, 4.69) is 0 Å². The molecule has 2 unspecified atom stereocenters. The fraction of sp³-hybridized carbons (Fsp3) is 0.467. The van der Waals surface area contributed by atoms with Crippen molar-refractivity contribution in [1.29, 1.82) is 0 Å². The van der Waals surface area contributed by atoms with E-state index in [0.717, 1.165) is 5.56 Å². The lowest BCUT2D eigenvalue weighted by Gasteiger charge is -2.36. The van der Waals surface area contributed by atoms with E-state index in [0.29, 0.717) is 6.54 Å². The average molecular weight is 284 g/mol. The minimum atomic E-state index is -4.21. The second-order valence-corrected chi connectivity index (χ2v) is 5.19. The highest BCUT2D eigenvalue weighted by Crippen LogP contribution is 2.33.